The van der Waals surface area contributed by atoms with Crippen LogP contribution in [0.5, 0.6) is 0 Å². The van der Waals surface area contributed by atoms with Crippen LogP contribution in [-0.2, 0) is 11.2 Å². The molecule has 0 aromatic carbocycles. The Morgan fingerprint density at radius 3 is 3.05 bits per heavy atom. The number of aromatic nitrogens is 1. The van der Waals surface area contributed by atoms with Crippen molar-refractivity contribution in [2.45, 2.75) is 25.9 Å². The van der Waals surface area contributed by atoms with Gasteiger partial charge in [0.05, 0.1) is 30.5 Å². The van der Waals surface area contributed by atoms with Crippen molar-refractivity contribution in [3.05, 3.63) is 16.1 Å². The van der Waals surface area contributed by atoms with Crippen molar-refractivity contribution in [2.24, 2.45) is 0 Å². The lowest BCUT2D eigenvalue weighted by Gasteiger charge is -2.12. The van der Waals surface area contributed by atoms with E-state index in [0.717, 1.165) is 36.6 Å². The number of hydrogen-bond acceptors (Lipinski definition) is 7. The molecule has 0 saturated heterocycles. The van der Waals surface area contributed by atoms with Crippen LogP contribution in [0.1, 0.15) is 17.0 Å². The number of thiazole rings is 1. The monoisotopic (exact) mass is 334 g/mol. The maximum Gasteiger partial charge on any atom is 0.0897 e. The van der Waals surface area contributed by atoms with Gasteiger partial charge in [-0.3, -0.25) is 0 Å². The lowest BCUT2D eigenvalue weighted by atomic mass is 10.3. The van der Waals surface area contributed by atoms with Crippen molar-refractivity contribution in [1.82, 2.24) is 10.3 Å². The Labute approximate surface area is 135 Å². The molecule has 0 bridgehead atoms. The van der Waals surface area contributed by atoms with Gasteiger partial charge in [-0.15, -0.1) is 11.3 Å². The average Bonchev–Trinajstić information content (AvgIpc) is 2.88. The van der Waals surface area contributed by atoms with Gasteiger partial charge in [0.2, 0.25) is 0 Å². The van der Waals surface area contributed by atoms with Gasteiger partial charge in [0, 0.05) is 36.7 Å². The molecule has 1 aromatic rings. The quantitative estimate of drug-likeness (QED) is 0.469. The fourth-order valence-corrected chi connectivity index (χ4v) is 3.28. The van der Waals surface area contributed by atoms with Crippen LogP contribution in [0.15, 0.2) is 5.51 Å². The van der Waals surface area contributed by atoms with Gasteiger partial charge in [-0.05, 0) is 19.1 Å². The minimum Gasteiger partial charge on any atom is -0.396 e. The summed E-state index contributed by atoms with van der Waals surface area (Å²) < 4.78 is 5.49. The van der Waals surface area contributed by atoms with Gasteiger partial charge in [0.15, 0.2) is 0 Å². The van der Waals surface area contributed by atoms with Gasteiger partial charge in [-0.2, -0.15) is 11.8 Å². The van der Waals surface area contributed by atoms with Crippen LogP contribution in [0.3, 0.4) is 0 Å². The first-order valence-electron chi connectivity index (χ1n) is 7.28. The van der Waals surface area contributed by atoms with Gasteiger partial charge in [-0.1, -0.05) is 0 Å². The first kappa shape index (κ1) is 18.9. The minimum absolute atomic E-state index is 0.261. The summed E-state index contributed by atoms with van der Waals surface area (Å²) in [5.41, 5.74) is 2.92. The van der Waals surface area contributed by atoms with E-state index in [1.165, 1.54) is 4.88 Å². The first-order chi connectivity index (χ1) is 10.2. The van der Waals surface area contributed by atoms with Crippen molar-refractivity contribution < 1.29 is 14.9 Å². The number of hydrogen-bond donors (Lipinski definition) is 3. The van der Waals surface area contributed by atoms with E-state index in [0.29, 0.717) is 19.8 Å². The lowest BCUT2D eigenvalue weighted by Crippen LogP contribution is -2.32. The van der Waals surface area contributed by atoms with Crippen molar-refractivity contribution in [1.29, 1.82) is 0 Å². The number of aliphatic hydroxyl groups is 2. The van der Waals surface area contributed by atoms with Gasteiger partial charge >= 0.3 is 0 Å². The minimum atomic E-state index is -0.463. The maximum atomic E-state index is 9.76. The molecule has 5 nitrogen and oxygen atoms in total. The second-order valence-corrected chi connectivity index (χ2v) is 6.90. The van der Waals surface area contributed by atoms with Gasteiger partial charge in [0.1, 0.15) is 0 Å². The third-order valence-corrected chi connectivity index (χ3v) is 4.94. The summed E-state index contributed by atoms with van der Waals surface area (Å²) in [6.07, 6.45) is 1.24. The van der Waals surface area contributed by atoms with Crippen LogP contribution in [0.4, 0.5) is 0 Å². The number of aliphatic hydroxyl groups excluding tert-OH is 2. The highest BCUT2D eigenvalue weighted by Gasteiger charge is 2.05. The smallest absolute Gasteiger partial charge is 0.0897 e. The predicted octanol–water partition coefficient (Wildman–Crippen LogP) is 1.08. The Hall–Kier alpha value is -0.180. The molecule has 0 amide bonds. The van der Waals surface area contributed by atoms with Crippen LogP contribution in [0.25, 0.3) is 0 Å². The van der Waals surface area contributed by atoms with E-state index in [1.807, 2.05) is 24.2 Å². The van der Waals surface area contributed by atoms with E-state index in [1.54, 1.807) is 11.3 Å². The summed E-state index contributed by atoms with van der Waals surface area (Å²) >= 11 is 3.46. The largest absolute Gasteiger partial charge is 0.396 e. The summed E-state index contributed by atoms with van der Waals surface area (Å²) in [5.74, 6) is 1.99. The molecule has 122 valence electrons. The van der Waals surface area contributed by atoms with Gasteiger partial charge in [-0.25, -0.2) is 4.98 Å². The molecule has 1 heterocycles. The Kier molecular flexibility index (Phi) is 11.1. The summed E-state index contributed by atoms with van der Waals surface area (Å²) in [4.78, 5) is 5.45. The molecule has 0 saturated carbocycles. The number of nitrogens with one attached hydrogen (secondary N) is 1. The summed E-state index contributed by atoms with van der Waals surface area (Å²) in [5, 5.41) is 21.6. The normalized spacial score (nSPS) is 12.7. The fraction of sp³-hybridized carbons (Fsp3) is 0.786. The number of nitrogens with zero attached hydrogens (tertiary/aromatic N) is 1. The molecule has 0 aliphatic heterocycles. The standard InChI is InChI=1S/C14H26N2O3S2/c1-12-14(21-11-16-12)3-6-19-10-13(18)9-15-4-8-20-7-2-5-17/h11,13,15,17-18H,2-10H2,1H3. The summed E-state index contributed by atoms with van der Waals surface area (Å²) in [6.45, 7) is 4.67. The molecule has 0 fully saturated rings. The van der Waals surface area contributed by atoms with Crippen molar-refractivity contribution >= 4 is 23.1 Å². The molecule has 0 aliphatic rings. The molecule has 1 unspecified atom stereocenters. The number of aryl methyl sites for hydroxylation is 1. The molecule has 1 rings (SSSR count). The van der Waals surface area contributed by atoms with Crippen molar-refractivity contribution in [3.63, 3.8) is 0 Å². The van der Waals surface area contributed by atoms with Crippen LogP contribution < -0.4 is 5.32 Å². The molecular formula is C14H26N2O3S2. The van der Waals surface area contributed by atoms with Crippen LogP contribution in [0.2, 0.25) is 0 Å². The third kappa shape index (κ3) is 9.44. The highest BCUT2D eigenvalue weighted by Crippen LogP contribution is 2.12. The molecule has 0 spiro atoms. The topological polar surface area (TPSA) is 74.6 Å². The fourth-order valence-electron chi connectivity index (χ4n) is 1.69. The van der Waals surface area contributed by atoms with Crippen LogP contribution in [-0.4, -0.2) is 65.7 Å². The van der Waals surface area contributed by atoms with Crippen LogP contribution in [0, 0.1) is 6.92 Å². The van der Waals surface area contributed by atoms with E-state index < -0.39 is 6.10 Å². The molecule has 3 N–H and O–H groups in total. The second kappa shape index (κ2) is 12.4. The van der Waals surface area contributed by atoms with Crippen molar-refractivity contribution in [2.75, 3.05) is 44.4 Å². The molecular weight excluding hydrogens is 308 g/mol. The molecule has 1 atom stereocenters. The number of rotatable bonds is 13. The van der Waals surface area contributed by atoms with E-state index in [2.05, 4.69) is 10.3 Å². The highest BCUT2D eigenvalue weighted by molar-refractivity contribution is 7.99. The van der Waals surface area contributed by atoms with Crippen LogP contribution >= 0.6 is 23.1 Å². The third-order valence-electron chi connectivity index (χ3n) is 2.88. The SMILES string of the molecule is Cc1ncsc1CCOCC(O)CNCCSCCCO. The summed E-state index contributed by atoms with van der Waals surface area (Å²) in [7, 11) is 0. The molecule has 1 aromatic heterocycles. The van der Waals surface area contributed by atoms with E-state index in [4.69, 9.17) is 9.84 Å². The Balaban J connectivity index is 1.89. The zero-order valence-electron chi connectivity index (χ0n) is 12.6. The maximum absolute atomic E-state index is 9.76. The Morgan fingerprint density at radius 1 is 1.48 bits per heavy atom. The van der Waals surface area contributed by atoms with E-state index in [-0.39, 0.29) is 6.61 Å². The van der Waals surface area contributed by atoms with E-state index >= 15 is 0 Å². The molecule has 0 radical (unpaired) electrons. The van der Waals surface area contributed by atoms with Gasteiger partial charge < -0.3 is 20.3 Å². The van der Waals surface area contributed by atoms with E-state index in [9.17, 15) is 5.11 Å². The second-order valence-electron chi connectivity index (χ2n) is 4.73. The zero-order valence-corrected chi connectivity index (χ0v) is 14.2. The average molecular weight is 335 g/mol. The summed E-state index contributed by atoms with van der Waals surface area (Å²) in [6, 6.07) is 0. The lowest BCUT2D eigenvalue weighted by molar-refractivity contribution is 0.0388. The highest BCUT2D eigenvalue weighted by atomic mass is 32.2. The van der Waals surface area contributed by atoms with Gasteiger partial charge in [0.25, 0.3) is 0 Å². The van der Waals surface area contributed by atoms with Crippen molar-refractivity contribution in [3.8, 4) is 0 Å². The predicted molar refractivity (Wildman–Crippen MR) is 89.3 cm³/mol. The molecule has 0 aliphatic carbocycles. The first-order valence-corrected chi connectivity index (χ1v) is 9.31. The Bertz CT molecular complexity index is 364. The Morgan fingerprint density at radius 2 is 2.33 bits per heavy atom. The molecule has 7 heteroatoms. The number of ether oxygens (including phenoxy) is 1. The zero-order chi connectivity index (χ0) is 15.3. The number of thioether (sulfide) groups is 1. The molecule has 21 heavy (non-hydrogen) atoms.